The molecule has 0 aromatic rings. The van der Waals surface area contributed by atoms with Gasteiger partial charge in [-0.2, -0.15) is 0 Å². The largest absolute Gasteiger partial charge is 0.388 e. The van der Waals surface area contributed by atoms with Gasteiger partial charge in [-0.25, -0.2) is 0 Å². The fraction of sp³-hybridized carbons (Fsp3) is 0.800. The zero-order valence-electron chi connectivity index (χ0n) is 7.33. The lowest BCUT2D eigenvalue weighted by Gasteiger charge is -2.17. The summed E-state index contributed by atoms with van der Waals surface area (Å²) in [5.74, 6) is 0.370. The van der Waals surface area contributed by atoms with Gasteiger partial charge in [-0.15, -0.1) is 0 Å². The Bertz CT molecular complexity index is 180. The molecule has 2 rings (SSSR count). The molecular formula is C10H16O2. The van der Waals surface area contributed by atoms with Crippen LogP contribution in [0.1, 0.15) is 25.7 Å². The lowest BCUT2D eigenvalue weighted by atomic mass is 9.95. The first-order valence-corrected chi connectivity index (χ1v) is 4.82. The zero-order chi connectivity index (χ0) is 8.39. The molecule has 0 aromatic heterocycles. The maximum absolute atomic E-state index is 9.90. The van der Waals surface area contributed by atoms with Gasteiger partial charge in [0.15, 0.2) is 0 Å². The number of ether oxygens (including phenoxy) is 1. The lowest BCUT2D eigenvalue weighted by molar-refractivity contribution is 0.115. The van der Waals surface area contributed by atoms with E-state index in [2.05, 4.69) is 6.08 Å². The SMILES string of the molecule is OC(C1=CCCC1)C1CCOC1. The molecule has 2 aliphatic rings. The molecule has 12 heavy (non-hydrogen) atoms. The number of aliphatic hydroxyl groups is 1. The normalized spacial score (nSPS) is 32.1. The molecule has 2 heteroatoms. The van der Waals surface area contributed by atoms with Crippen molar-refractivity contribution in [3.63, 3.8) is 0 Å². The van der Waals surface area contributed by atoms with E-state index in [1.54, 1.807) is 0 Å². The molecule has 1 aliphatic heterocycles. The van der Waals surface area contributed by atoms with Crippen molar-refractivity contribution in [1.29, 1.82) is 0 Å². The second kappa shape index (κ2) is 3.58. The molecule has 68 valence electrons. The Morgan fingerprint density at radius 3 is 3.08 bits per heavy atom. The van der Waals surface area contributed by atoms with E-state index in [0.717, 1.165) is 32.5 Å². The smallest absolute Gasteiger partial charge is 0.0801 e. The van der Waals surface area contributed by atoms with E-state index in [1.807, 2.05) is 0 Å². The Hall–Kier alpha value is -0.340. The van der Waals surface area contributed by atoms with Gasteiger partial charge in [0.05, 0.1) is 12.7 Å². The minimum atomic E-state index is -0.213. The number of hydrogen-bond acceptors (Lipinski definition) is 2. The minimum Gasteiger partial charge on any atom is -0.388 e. The quantitative estimate of drug-likeness (QED) is 0.633. The molecule has 2 unspecified atom stereocenters. The highest BCUT2D eigenvalue weighted by Gasteiger charge is 2.27. The lowest BCUT2D eigenvalue weighted by Crippen LogP contribution is -2.22. The summed E-state index contributed by atoms with van der Waals surface area (Å²) in [7, 11) is 0. The van der Waals surface area contributed by atoms with Crippen LogP contribution in [0.2, 0.25) is 0 Å². The summed E-state index contributed by atoms with van der Waals surface area (Å²) in [6, 6.07) is 0. The van der Waals surface area contributed by atoms with Crippen LogP contribution in [0.25, 0.3) is 0 Å². The van der Waals surface area contributed by atoms with Crippen molar-refractivity contribution in [3.05, 3.63) is 11.6 Å². The highest BCUT2D eigenvalue weighted by atomic mass is 16.5. The molecule has 2 nitrogen and oxygen atoms in total. The third kappa shape index (κ3) is 1.54. The van der Waals surface area contributed by atoms with Crippen molar-refractivity contribution in [1.82, 2.24) is 0 Å². The standard InChI is InChI=1S/C10H16O2/c11-10(8-3-1-2-4-8)9-5-6-12-7-9/h3,9-11H,1-2,4-7H2. The van der Waals surface area contributed by atoms with Crippen molar-refractivity contribution in [2.45, 2.75) is 31.8 Å². The highest BCUT2D eigenvalue weighted by Crippen LogP contribution is 2.28. The van der Waals surface area contributed by atoms with Crippen LogP contribution in [0, 0.1) is 5.92 Å². The third-order valence-corrected chi connectivity index (χ3v) is 2.87. The first-order valence-electron chi connectivity index (χ1n) is 4.82. The monoisotopic (exact) mass is 168 g/mol. The van der Waals surface area contributed by atoms with E-state index >= 15 is 0 Å². The highest BCUT2D eigenvalue weighted by molar-refractivity contribution is 5.14. The van der Waals surface area contributed by atoms with E-state index in [4.69, 9.17) is 4.74 Å². The molecule has 2 atom stereocenters. The molecule has 0 aromatic carbocycles. The van der Waals surface area contributed by atoms with Crippen LogP contribution >= 0.6 is 0 Å². The van der Waals surface area contributed by atoms with Crippen LogP contribution in [0.5, 0.6) is 0 Å². The van der Waals surface area contributed by atoms with E-state index in [9.17, 15) is 5.11 Å². The summed E-state index contributed by atoms with van der Waals surface area (Å²) >= 11 is 0. The Kier molecular flexibility index (Phi) is 2.47. The van der Waals surface area contributed by atoms with Crippen LogP contribution in [-0.4, -0.2) is 24.4 Å². The summed E-state index contributed by atoms with van der Waals surface area (Å²) in [5, 5.41) is 9.90. The summed E-state index contributed by atoms with van der Waals surface area (Å²) in [6.07, 6.45) is 6.48. The summed E-state index contributed by atoms with van der Waals surface area (Å²) in [4.78, 5) is 0. The van der Waals surface area contributed by atoms with Gasteiger partial charge in [-0.3, -0.25) is 0 Å². The van der Waals surface area contributed by atoms with Crippen molar-refractivity contribution in [2.24, 2.45) is 5.92 Å². The molecule has 0 amide bonds. The fourth-order valence-electron chi connectivity index (χ4n) is 2.07. The molecule has 0 spiro atoms. The summed E-state index contributed by atoms with van der Waals surface area (Å²) in [5.41, 5.74) is 1.26. The third-order valence-electron chi connectivity index (χ3n) is 2.87. The van der Waals surface area contributed by atoms with Gasteiger partial charge in [-0.05, 0) is 31.3 Å². The average Bonchev–Trinajstić information content (AvgIpc) is 2.77. The molecular weight excluding hydrogens is 152 g/mol. The van der Waals surface area contributed by atoms with Crippen molar-refractivity contribution >= 4 is 0 Å². The molecule has 0 radical (unpaired) electrons. The van der Waals surface area contributed by atoms with Gasteiger partial charge in [0, 0.05) is 12.5 Å². The number of aliphatic hydroxyl groups excluding tert-OH is 1. The van der Waals surface area contributed by atoms with Gasteiger partial charge in [0.1, 0.15) is 0 Å². The van der Waals surface area contributed by atoms with Gasteiger partial charge in [-0.1, -0.05) is 6.08 Å². The van der Waals surface area contributed by atoms with Crippen LogP contribution in [0.4, 0.5) is 0 Å². The van der Waals surface area contributed by atoms with E-state index in [0.29, 0.717) is 5.92 Å². The molecule has 1 fully saturated rings. The Morgan fingerprint density at radius 1 is 1.58 bits per heavy atom. The fourth-order valence-corrected chi connectivity index (χ4v) is 2.07. The van der Waals surface area contributed by atoms with E-state index in [-0.39, 0.29) is 6.10 Å². The van der Waals surface area contributed by atoms with Gasteiger partial charge < -0.3 is 9.84 Å². The Balaban J connectivity index is 1.93. The van der Waals surface area contributed by atoms with Gasteiger partial charge >= 0.3 is 0 Å². The Morgan fingerprint density at radius 2 is 2.50 bits per heavy atom. The summed E-state index contributed by atoms with van der Waals surface area (Å²) in [6.45, 7) is 1.58. The van der Waals surface area contributed by atoms with Crippen molar-refractivity contribution < 1.29 is 9.84 Å². The predicted molar refractivity (Wildman–Crippen MR) is 46.9 cm³/mol. The maximum atomic E-state index is 9.90. The molecule has 0 saturated carbocycles. The zero-order valence-corrected chi connectivity index (χ0v) is 7.33. The van der Waals surface area contributed by atoms with Crippen molar-refractivity contribution in [2.75, 3.05) is 13.2 Å². The second-order valence-corrected chi connectivity index (χ2v) is 3.74. The predicted octanol–water partition coefficient (Wildman–Crippen LogP) is 1.49. The molecule has 1 saturated heterocycles. The number of allylic oxidation sites excluding steroid dienone is 1. The van der Waals surface area contributed by atoms with Crippen molar-refractivity contribution in [3.8, 4) is 0 Å². The maximum Gasteiger partial charge on any atom is 0.0801 e. The Labute approximate surface area is 73.2 Å². The minimum absolute atomic E-state index is 0.213. The van der Waals surface area contributed by atoms with Crippen LogP contribution in [-0.2, 0) is 4.74 Å². The topological polar surface area (TPSA) is 29.5 Å². The molecule has 1 aliphatic carbocycles. The molecule has 1 heterocycles. The van der Waals surface area contributed by atoms with E-state index < -0.39 is 0 Å². The van der Waals surface area contributed by atoms with E-state index in [1.165, 1.54) is 12.0 Å². The van der Waals surface area contributed by atoms with Crippen LogP contribution in [0.15, 0.2) is 11.6 Å². The number of rotatable bonds is 2. The summed E-state index contributed by atoms with van der Waals surface area (Å²) < 4.78 is 5.25. The molecule has 0 bridgehead atoms. The average molecular weight is 168 g/mol. The van der Waals surface area contributed by atoms with Gasteiger partial charge in [0.25, 0.3) is 0 Å². The number of hydrogen-bond donors (Lipinski definition) is 1. The van der Waals surface area contributed by atoms with Crippen LogP contribution < -0.4 is 0 Å². The first-order chi connectivity index (χ1) is 5.88. The van der Waals surface area contributed by atoms with Gasteiger partial charge in [0.2, 0.25) is 0 Å². The first kappa shape index (κ1) is 8.27. The molecule has 1 N–H and O–H groups in total. The second-order valence-electron chi connectivity index (χ2n) is 3.74. The van der Waals surface area contributed by atoms with Crippen LogP contribution in [0.3, 0.4) is 0 Å².